The van der Waals surface area contributed by atoms with Crippen molar-refractivity contribution in [2.45, 2.75) is 0 Å². The molecule has 0 saturated heterocycles. The van der Waals surface area contributed by atoms with Crippen LogP contribution in [-0.4, -0.2) is 17.1 Å². The molecule has 1 aromatic carbocycles. The fraction of sp³-hybridized carbons (Fsp3) is 0.0909. The largest absolute Gasteiger partial charge is 0.495 e. The van der Waals surface area contributed by atoms with Gasteiger partial charge in [0.15, 0.2) is 0 Å². The summed E-state index contributed by atoms with van der Waals surface area (Å²) in [6.07, 6.45) is 2.91. The summed E-state index contributed by atoms with van der Waals surface area (Å²) in [5, 5.41) is 0.451. The second-order valence-electron chi connectivity index (χ2n) is 3.19. The van der Waals surface area contributed by atoms with Crippen LogP contribution in [0.1, 0.15) is 0 Å². The van der Waals surface area contributed by atoms with E-state index in [0.29, 0.717) is 22.2 Å². The van der Waals surface area contributed by atoms with Crippen molar-refractivity contribution in [1.82, 2.24) is 9.97 Å². The molecule has 5 nitrogen and oxygen atoms in total. The SMILES string of the molecule is COc1ccc(Oc2ncc(Cl)cn2)cc1N. The lowest BCUT2D eigenvalue weighted by Crippen LogP contribution is -1.95. The summed E-state index contributed by atoms with van der Waals surface area (Å²) in [5.41, 5.74) is 6.23. The standard InChI is InChI=1S/C11H10ClN3O2/c1-16-10-3-2-8(4-9(10)13)17-11-14-5-7(12)6-15-11/h2-6H,13H2,1H3. The number of rotatable bonds is 3. The van der Waals surface area contributed by atoms with Gasteiger partial charge in [-0.1, -0.05) is 11.6 Å². The van der Waals surface area contributed by atoms with Gasteiger partial charge in [0.2, 0.25) is 0 Å². The molecule has 0 radical (unpaired) electrons. The summed E-state index contributed by atoms with van der Waals surface area (Å²) in [5.74, 6) is 1.12. The van der Waals surface area contributed by atoms with Gasteiger partial charge in [-0.3, -0.25) is 0 Å². The summed E-state index contributed by atoms with van der Waals surface area (Å²) >= 11 is 5.66. The molecule has 17 heavy (non-hydrogen) atoms. The highest BCUT2D eigenvalue weighted by Crippen LogP contribution is 2.28. The van der Waals surface area contributed by atoms with E-state index < -0.39 is 0 Å². The van der Waals surface area contributed by atoms with Crippen LogP contribution < -0.4 is 15.2 Å². The van der Waals surface area contributed by atoms with Crippen molar-refractivity contribution in [3.8, 4) is 17.5 Å². The summed E-state index contributed by atoms with van der Waals surface area (Å²) in [4.78, 5) is 7.82. The van der Waals surface area contributed by atoms with E-state index in [4.69, 9.17) is 26.8 Å². The first kappa shape index (κ1) is 11.5. The lowest BCUT2D eigenvalue weighted by molar-refractivity contribution is 0.413. The first-order valence-corrected chi connectivity index (χ1v) is 5.16. The predicted molar refractivity (Wildman–Crippen MR) is 64.5 cm³/mol. The number of hydrogen-bond acceptors (Lipinski definition) is 5. The molecule has 1 heterocycles. The minimum Gasteiger partial charge on any atom is -0.495 e. The van der Waals surface area contributed by atoms with Crippen LogP contribution in [0, 0.1) is 0 Å². The molecule has 0 fully saturated rings. The Balaban J connectivity index is 2.19. The topological polar surface area (TPSA) is 70.3 Å². The van der Waals surface area contributed by atoms with Gasteiger partial charge in [-0.2, -0.15) is 0 Å². The van der Waals surface area contributed by atoms with E-state index in [-0.39, 0.29) is 6.01 Å². The van der Waals surface area contributed by atoms with E-state index in [1.165, 1.54) is 12.4 Å². The number of hydrogen-bond donors (Lipinski definition) is 1. The molecule has 0 amide bonds. The molecule has 0 aliphatic carbocycles. The zero-order valence-electron chi connectivity index (χ0n) is 9.05. The molecule has 88 valence electrons. The van der Waals surface area contributed by atoms with Crippen LogP contribution in [0.3, 0.4) is 0 Å². The number of anilines is 1. The van der Waals surface area contributed by atoms with Gasteiger partial charge >= 0.3 is 6.01 Å². The van der Waals surface area contributed by atoms with Gasteiger partial charge in [-0.05, 0) is 12.1 Å². The Morgan fingerprint density at radius 2 is 1.94 bits per heavy atom. The highest BCUT2D eigenvalue weighted by molar-refractivity contribution is 6.30. The summed E-state index contributed by atoms with van der Waals surface area (Å²) in [6, 6.07) is 5.27. The molecule has 0 atom stereocenters. The van der Waals surface area contributed by atoms with E-state index in [9.17, 15) is 0 Å². The molecule has 0 bridgehead atoms. The first-order valence-electron chi connectivity index (χ1n) is 4.78. The van der Waals surface area contributed by atoms with Crippen LogP contribution in [0.4, 0.5) is 5.69 Å². The second-order valence-corrected chi connectivity index (χ2v) is 3.63. The molecule has 0 aliphatic rings. The average Bonchev–Trinajstić information content (AvgIpc) is 2.32. The molecule has 2 aromatic rings. The van der Waals surface area contributed by atoms with E-state index in [1.54, 1.807) is 25.3 Å². The Labute approximate surface area is 103 Å². The molecular formula is C11H10ClN3O2. The van der Waals surface area contributed by atoms with Gasteiger partial charge in [0.05, 0.1) is 30.2 Å². The van der Waals surface area contributed by atoms with Crippen LogP contribution in [0.15, 0.2) is 30.6 Å². The van der Waals surface area contributed by atoms with Crippen molar-refractivity contribution >= 4 is 17.3 Å². The quantitative estimate of drug-likeness (QED) is 0.849. The summed E-state index contributed by atoms with van der Waals surface area (Å²) < 4.78 is 10.4. The predicted octanol–water partition coefficient (Wildman–Crippen LogP) is 2.51. The van der Waals surface area contributed by atoms with Gasteiger partial charge in [-0.25, -0.2) is 9.97 Å². The Hall–Kier alpha value is -2.01. The van der Waals surface area contributed by atoms with Crippen LogP contribution in [0.25, 0.3) is 0 Å². The van der Waals surface area contributed by atoms with Crippen LogP contribution in [0.5, 0.6) is 17.5 Å². The Kier molecular flexibility index (Phi) is 3.30. The van der Waals surface area contributed by atoms with Crippen molar-refractivity contribution in [3.63, 3.8) is 0 Å². The lowest BCUT2D eigenvalue weighted by Gasteiger charge is -2.07. The second kappa shape index (κ2) is 4.88. The molecule has 0 saturated carbocycles. The van der Waals surface area contributed by atoms with Crippen LogP contribution in [0.2, 0.25) is 5.02 Å². The van der Waals surface area contributed by atoms with Gasteiger partial charge < -0.3 is 15.2 Å². The van der Waals surface area contributed by atoms with Crippen molar-refractivity contribution in [2.75, 3.05) is 12.8 Å². The summed E-state index contributed by atoms with van der Waals surface area (Å²) in [7, 11) is 1.55. The number of nitrogens with zero attached hydrogens (tertiary/aromatic N) is 2. The molecular weight excluding hydrogens is 242 g/mol. The number of ether oxygens (including phenoxy) is 2. The third-order valence-electron chi connectivity index (χ3n) is 2.01. The van der Waals surface area contributed by atoms with Gasteiger partial charge in [-0.15, -0.1) is 0 Å². The van der Waals surface area contributed by atoms with Gasteiger partial charge in [0.1, 0.15) is 11.5 Å². The van der Waals surface area contributed by atoms with Crippen molar-refractivity contribution in [1.29, 1.82) is 0 Å². The number of nitrogen functional groups attached to an aromatic ring is 1. The van der Waals surface area contributed by atoms with Crippen molar-refractivity contribution in [3.05, 3.63) is 35.6 Å². The van der Waals surface area contributed by atoms with E-state index in [1.807, 2.05) is 0 Å². The summed E-state index contributed by atoms with van der Waals surface area (Å²) in [6.45, 7) is 0. The fourth-order valence-corrected chi connectivity index (χ4v) is 1.33. The number of halogens is 1. The molecule has 2 rings (SSSR count). The smallest absolute Gasteiger partial charge is 0.321 e. The maximum absolute atomic E-state index is 5.74. The Morgan fingerprint density at radius 3 is 2.53 bits per heavy atom. The monoisotopic (exact) mass is 251 g/mol. The lowest BCUT2D eigenvalue weighted by atomic mass is 10.3. The molecule has 1 aromatic heterocycles. The number of aromatic nitrogens is 2. The maximum atomic E-state index is 5.74. The fourth-order valence-electron chi connectivity index (χ4n) is 1.23. The normalized spacial score (nSPS) is 10.0. The minimum atomic E-state index is 0.207. The van der Waals surface area contributed by atoms with E-state index in [2.05, 4.69) is 9.97 Å². The Morgan fingerprint density at radius 1 is 1.24 bits per heavy atom. The van der Waals surface area contributed by atoms with Crippen LogP contribution in [-0.2, 0) is 0 Å². The number of methoxy groups -OCH3 is 1. The molecule has 0 aliphatic heterocycles. The van der Waals surface area contributed by atoms with Crippen molar-refractivity contribution in [2.24, 2.45) is 0 Å². The van der Waals surface area contributed by atoms with E-state index >= 15 is 0 Å². The maximum Gasteiger partial charge on any atom is 0.321 e. The highest BCUT2D eigenvalue weighted by atomic mass is 35.5. The number of nitrogens with two attached hydrogens (primary N) is 1. The zero-order valence-corrected chi connectivity index (χ0v) is 9.81. The van der Waals surface area contributed by atoms with E-state index in [0.717, 1.165) is 0 Å². The highest BCUT2D eigenvalue weighted by Gasteiger charge is 2.04. The third kappa shape index (κ3) is 2.76. The molecule has 2 N–H and O–H groups in total. The van der Waals surface area contributed by atoms with Crippen LogP contribution >= 0.6 is 11.6 Å². The zero-order chi connectivity index (χ0) is 12.3. The average molecular weight is 252 g/mol. The third-order valence-corrected chi connectivity index (χ3v) is 2.20. The minimum absolute atomic E-state index is 0.207. The molecule has 6 heteroatoms. The van der Waals surface area contributed by atoms with Gasteiger partial charge in [0.25, 0.3) is 0 Å². The first-order chi connectivity index (χ1) is 8.19. The molecule has 0 unspecified atom stereocenters. The number of benzene rings is 1. The Bertz CT molecular complexity index is 517. The van der Waals surface area contributed by atoms with Crippen molar-refractivity contribution < 1.29 is 9.47 Å². The molecule has 0 spiro atoms. The van der Waals surface area contributed by atoms with Gasteiger partial charge in [0, 0.05) is 6.07 Å².